The van der Waals surface area contributed by atoms with Crippen LogP contribution in [0.5, 0.6) is 0 Å². The first-order valence-electron chi connectivity index (χ1n) is 10.5. The van der Waals surface area contributed by atoms with Crippen molar-refractivity contribution in [1.29, 1.82) is 0 Å². The lowest BCUT2D eigenvalue weighted by Crippen LogP contribution is -2.34. The zero-order valence-corrected chi connectivity index (χ0v) is 20.8. The van der Waals surface area contributed by atoms with Gasteiger partial charge in [0, 0.05) is 24.7 Å². The van der Waals surface area contributed by atoms with Crippen LogP contribution in [0.15, 0.2) is 33.9 Å². The first kappa shape index (κ1) is 25.6. The minimum Gasteiger partial charge on any atom is -0.462 e. The first-order chi connectivity index (χ1) is 14.8. The van der Waals surface area contributed by atoms with E-state index in [9.17, 15) is 18.0 Å². The quantitative estimate of drug-likeness (QED) is 0.580. The molecule has 0 unspecified atom stereocenters. The number of nitrogens with zero attached hydrogens (tertiary/aromatic N) is 2. The predicted molar refractivity (Wildman–Crippen MR) is 119 cm³/mol. The van der Waals surface area contributed by atoms with Gasteiger partial charge in [-0.25, -0.2) is 23.0 Å². The molecule has 0 radical (unpaired) electrons. The summed E-state index contributed by atoms with van der Waals surface area (Å²) in [5, 5.41) is 2.92. The summed E-state index contributed by atoms with van der Waals surface area (Å²) in [6.45, 7) is 11.5. The van der Waals surface area contributed by atoms with Gasteiger partial charge in [-0.05, 0) is 25.7 Å². The Morgan fingerprint density at radius 1 is 1.03 bits per heavy atom. The molecule has 1 aromatic rings. The molecule has 1 N–H and O–H groups in total. The molecule has 178 valence electrons. The summed E-state index contributed by atoms with van der Waals surface area (Å²) in [6.07, 6.45) is 2.43. The van der Waals surface area contributed by atoms with Gasteiger partial charge in [0.1, 0.15) is 0 Å². The molecule has 1 aliphatic heterocycles. The van der Waals surface area contributed by atoms with Crippen molar-refractivity contribution in [2.45, 2.75) is 52.6 Å². The highest BCUT2D eigenvalue weighted by Crippen LogP contribution is 2.39. The summed E-state index contributed by atoms with van der Waals surface area (Å²) >= 11 is 0. The van der Waals surface area contributed by atoms with Gasteiger partial charge in [0.05, 0.1) is 42.2 Å². The monoisotopic (exact) mass is 467 g/mol. The molecule has 1 aliphatic rings. The number of hydrogen-bond donors (Lipinski definition) is 1. The molecule has 0 bridgehead atoms. The lowest BCUT2D eigenvalue weighted by molar-refractivity contribution is -0.141. The number of sulfone groups is 1. The SMILES string of the molecule is CC1=C(C(=O)OCC(C)C)C(c2cnc(S(C)(=O)=O)n2C)C(C(=O)OCC(C)C)=C(C)N1. The fourth-order valence-corrected chi connectivity index (χ4v) is 4.34. The van der Waals surface area contributed by atoms with E-state index < -0.39 is 27.7 Å². The summed E-state index contributed by atoms with van der Waals surface area (Å²) in [4.78, 5) is 30.3. The third-order valence-corrected chi connectivity index (χ3v) is 5.95. The number of carbonyl (C=O) groups is 2. The number of allylic oxidation sites excluding steroid dienone is 2. The molecule has 9 nitrogen and oxygen atoms in total. The number of esters is 2. The number of ether oxygens (including phenoxy) is 2. The second-order valence-electron chi connectivity index (χ2n) is 8.92. The van der Waals surface area contributed by atoms with Gasteiger partial charge in [-0.3, -0.25) is 0 Å². The Morgan fingerprint density at radius 3 is 1.81 bits per heavy atom. The van der Waals surface area contributed by atoms with Gasteiger partial charge in [-0.15, -0.1) is 0 Å². The highest BCUT2D eigenvalue weighted by Gasteiger charge is 2.40. The summed E-state index contributed by atoms with van der Waals surface area (Å²) in [7, 11) is -2.08. The van der Waals surface area contributed by atoms with Gasteiger partial charge in [0.25, 0.3) is 0 Å². The molecular formula is C22H33N3O6S. The van der Waals surface area contributed by atoms with Crippen LogP contribution in [0, 0.1) is 11.8 Å². The van der Waals surface area contributed by atoms with Gasteiger partial charge in [0.2, 0.25) is 15.0 Å². The maximum Gasteiger partial charge on any atom is 0.336 e. The smallest absolute Gasteiger partial charge is 0.336 e. The van der Waals surface area contributed by atoms with E-state index in [4.69, 9.17) is 9.47 Å². The minimum absolute atomic E-state index is 0.121. The molecule has 0 amide bonds. The van der Waals surface area contributed by atoms with Crippen LogP contribution < -0.4 is 5.32 Å². The molecule has 0 aliphatic carbocycles. The van der Waals surface area contributed by atoms with Gasteiger partial charge in [0.15, 0.2) is 0 Å². The molecule has 10 heteroatoms. The molecule has 0 spiro atoms. The van der Waals surface area contributed by atoms with Gasteiger partial charge >= 0.3 is 11.9 Å². The van der Waals surface area contributed by atoms with E-state index in [1.165, 1.54) is 10.8 Å². The number of nitrogens with one attached hydrogen (secondary N) is 1. The highest BCUT2D eigenvalue weighted by molar-refractivity contribution is 7.90. The first-order valence-corrected chi connectivity index (χ1v) is 12.4. The van der Waals surface area contributed by atoms with Crippen molar-refractivity contribution in [1.82, 2.24) is 14.9 Å². The molecule has 0 fully saturated rings. The maximum atomic E-state index is 13.1. The molecule has 32 heavy (non-hydrogen) atoms. The number of hydrogen-bond acceptors (Lipinski definition) is 8. The Morgan fingerprint density at radius 2 is 1.47 bits per heavy atom. The van der Waals surface area contributed by atoms with Crippen LogP contribution in [0.2, 0.25) is 0 Å². The Balaban J connectivity index is 2.66. The number of imidazole rings is 1. The van der Waals surface area contributed by atoms with Crippen LogP contribution in [0.1, 0.15) is 53.2 Å². The number of aromatic nitrogens is 2. The topological polar surface area (TPSA) is 117 Å². The number of carbonyl (C=O) groups excluding carboxylic acids is 2. The third-order valence-electron chi connectivity index (χ3n) is 4.90. The van der Waals surface area contributed by atoms with E-state index in [0.717, 1.165) is 6.26 Å². The number of rotatable bonds is 8. The minimum atomic E-state index is -3.63. The second kappa shape index (κ2) is 9.89. The predicted octanol–water partition coefficient (Wildman–Crippen LogP) is 2.46. The maximum absolute atomic E-state index is 13.1. The molecule has 0 atom stereocenters. The Bertz CT molecular complexity index is 1020. The van der Waals surface area contributed by atoms with Crippen LogP contribution >= 0.6 is 0 Å². The molecule has 2 rings (SSSR count). The zero-order chi connectivity index (χ0) is 24.4. The summed E-state index contributed by atoms with van der Waals surface area (Å²) in [5.74, 6) is -1.83. The lowest BCUT2D eigenvalue weighted by atomic mass is 9.83. The van der Waals surface area contributed by atoms with Crippen molar-refractivity contribution >= 4 is 21.8 Å². The Hall–Kier alpha value is -2.62. The van der Waals surface area contributed by atoms with E-state index in [0.29, 0.717) is 17.1 Å². The Kier molecular flexibility index (Phi) is 7.92. The fraction of sp³-hybridized carbons (Fsp3) is 0.591. The average molecular weight is 468 g/mol. The summed E-state index contributed by atoms with van der Waals surface area (Å²) < 4.78 is 36.7. The molecule has 0 saturated carbocycles. The van der Waals surface area contributed by atoms with Crippen molar-refractivity contribution in [2.75, 3.05) is 19.5 Å². The molecule has 0 saturated heterocycles. The van der Waals surface area contributed by atoms with E-state index in [2.05, 4.69) is 10.3 Å². The van der Waals surface area contributed by atoms with Crippen LogP contribution in [-0.4, -0.2) is 49.4 Å². The summed E-state index contributed by atoms with van der Waals surface area (Å²) in [6, 6.07) is 0. The van der Waals surface area contributed by atoms with Crippen molar-refractivity contribution in [3.8, 4) is 0 Å². The molecular weight excluding hydrogens is 434 g/mol. The van der Waals surface area contributed by atoms with E-state index in [1.807, 2.05) is 27.7 Å². The van der Waals surface area contributed by atoms with Gasteiger partial charge in [-0.1, -0.05) is 27.7 Å². The van der Waals surface area contributed by atoms with Crippen molar-refractivity contribution < 1.29 is 27.5 Å². The van der Waals surface area contributed by atoms with Crippen molar-refractivity contribution in [2.24, 2.45) is 18.9 Å². The van der Waals surface area contributed by atoms with Gasteiger partial charge < -0.3 is 19.4 Å². The standard InChI is InChI=1S/C22H33N3O6S/c1-12(2)10-30-20(26)17-14(5)24-15(6)18(21(27)31-11-13(3)4)19(17)16-9-23-22(25(16)7)32(8,28)29/h9,12-13,19,24H,10-11H2,1-8H3. The van der Waals surface area contributed by atoms with Crippen molar-refractivity contribution in [3.05, 3.63) is 34.4 Å². The molecule has 1 aromatic heterocycles. The third kappa shape index (κ3) is 5.59. The molecule has 0 aromatic carbocycles. The lowest BCUT2D eigenvalue weighted by Gasteiger charge is -2.30. The van der Waals surface area contributed by atoms with Crippen LogP contribution in [-0.2, 0) is 35.9 Å². The van der Waals surface area contributed by atoms with Crippen LogP contribution in [0.4, 0.5) is 0 Å². The van der Waals surface area contributed by atoms with Crippen LogP contribution in [0.25, 0.3) is 0 Å². The van der Waals surface area contributed by atoms with E-state index in [1.54, 1.807) is 20.9 Å². The fourth-order valence-electron chi connectivity index (χ4n) is 3.49. The second-order valence-corrected chi connectivity index (χ2v) is 10.8. The zero-order valence-electron chi connectivity index (χ0n) is 20.0. The van der Waals surface area contributed by atoms with E-state index in [-0.39, 0.29) is 41.4 Å². The number of dihydropyridines is 1. The largest absolute Gasteiger partial charge is 0.462 e. The van der Waals surface area contributed by atoms with Crippen LogP contribution in [0.3, 0.4) is 0 Å². The average Bonchev–Trinajstić information content (AvgIpc) is 3.05. The summed E-state index contributed by atoms with van der Waals surface area (Å²) in [5.41, 5.74) is 1.85. The highest BCUT2D eigenvalue weighted by atomic mass is 32.2. The van der Waals surface area contributed by atoms with Crippen molar-refractivity contribution in [3.63, 3.8) is 0 Å². The molecule has 2 heterocycles. The Labute approximate surface area is 189 Å². The van der Waals surface area contributed by atoms with E-state index >= 15 is 0 Å². The van der Waals surface area contributed by atoms with Gasteiger partial charge in [-0.2, -0.15) is 0 Å². The normalized spacial score (nSPS) is 15.4.